The van der Waals surface area contributed by atoms with Crippen molar-refractivity contribution in [2.75, 3.05) is 25.1 Å². The van der Waals surface area contributed by atoms with Gasteiger partial charge in [-0.1, -0.05) is 19.1 Å². The van der Waals surface area contributed by atoms with Crippen LogP contribution in [0, 0.1) is 23.5 Å². The number of anilines is 1. The Kier molecular flexibility index (Phi) is 4.41. The van der Waals surface area contributed by atoms with Crippen LogP contribution in [0.15, 0.2) is 12.1 Å². The molecule has 0 amide bonds. The van der Waals surface area contributed by atoms with E-state index >= 15 is 0 Å². The monoisotopic (exact) mass is 314 g/mol. The number of carbonyl (C=O) groups excluding carboxylic acids is 1. The van der Waals surface area contributed by atoms with Crippen molar-refractivity contribution in [2.45, 2.75) is 6.92 Å². The van der Waals surface area contributed by atoms with Crippen LogP contribution in [0.1, 0.15) is 12.5 Å². The van der Waals surface area contributed by atoms with Gasteiger partial charge in [0.25, 0.3) is 0 Å². The van der Waals surface area contributed by atoms with E-state index in [9.17, 15) is 13.6 Å². The molecule has 114 valence electrons. The molecule has 2 N–H and O–H groups in total. The maximum Gasteiger partial charge on any atom is 0.310 e. The Morgan fingerprint density at radius 2 is 1.95 bits per heavy atom. The Hall–Kier alpha value is -1.76. The molecule has 0 aromatic heterocycles. The molecule has 0 aliphatic carbocycles. The SMILES string of the molecule is COC(=O)C1CN(c2c(F)cc(C(N)=S)cc2F)CC1C. The van der Waals surface area contributed by atoms with Crippen LogP contribution in [-0.4, -0.2) is 31.2 Å². The Bertz CT molecular complexity index is 571. The minimum Gasteiger partial charge on any atom is -0.469 e. The second-order valence-corrected chi connectivity index (χ2v) is 5.60. The molecule has 4 nitrogen and oxygen atoms in total. The van der Waals surface area contributed by atoms with Crippen LogP contribution in [0.25, 0.3) is 0 Å². The largest absolute Gasteiger partial charge is 0.469 e. The Morgan fingerprint density at radius 3 is 2.43 bits per heavy atom. The molecule has 7 heteroatoms. The number of esters is 1. The molecule has 2 unspecified atom stereocenters. The summed E-state index contributed by atoms with van der Waals surface area (Å²) in [6.07, 6.45) is 0. The number of nitrogens with zero attached hydrogens (tertiary/aromatic N) is 1. The zero-order chi connectivity index (χ0) is 15.7. The minimum absolute atomic E-state index is 0.0495. The number of ether oxygens (including phenoxy) is 1. The fraction of sp³-hybridized carbons (Fsp3) is 0.429. The zero-order valence-electron chi connectivity index (χ0n) is 11.7. The van der Waals surface area contributed by atoms with E-state index in [0.29, 0.717) is 6.54 Å². The van der Waals surface area contributed by atoms with Crippen molar-refractivity contribution in [3.05, 3.63) is 29.3 Å². The predicted octanol–water partition coefficient (Wildman–Crippen LogP) is 1.84. The van der Waals surface area contributed by atoms with Gasteiger partial charge in [-0.05, 0) is 18.1 Å². The van der Waals surface area contributed by atoms with Crippen molar-refractivity contribution in [2.24, 2.45) is 17.6 Å². The van der Waals surface area contributed by atoms with Gasteiger partial charge in [-0.15, -0.1) is 0 Å². The number of halogens is 2. The van der Waals surface area contributed by atoms with Crippen molar-refractivity contribution >= 4 is 28.9 Å². The van der Waals surface area contributed by atoms with E-state index in [2.05, 4.69) is 0 Å². The summed E-state index contributed by atoms with van der Waals surface area (Å²) in [5.41, 5.74) is 5.36. The van der Waals surface area contributed by atoms with Gasteiger partial charge in [-0.25, -0.2) is 8.78 Å². The summed E-state index contributed by atoms with van der Waals surface area (Å²) in [5.74, 6) is -2.30. The van der Waals surface area contributed by atoms with E-state index in [0.717, 1.165) is 12.1 Å². The summed E-state index contributed by atoms with van der Waals surface area (Å²) in [7, 11) is 1.30. The molecule has 0 spiro atoms. The maximum atomic E-state index is 14.1. The Morgan fingerprint density at radius 1 is 1.38 bits per heavy atom. The Balaban J connectivity index is 2.32. The first-order chi connectivity index (χ1) is 9.85. The summed E-state index contributed by atoms with van der Waals surface area (Å²) in [4.78, 5) is 13.1. The van der Waals surface area contributed by atoms with Gasteiger partial charge in [-0.3, -0.25) is 4.79 Å². The third-order valence-corrected chi connectivity index (χ3v) is 3.97. The molecule has 1 aliphatic heterocycles. The molecule has 1 aromatic rings. The lowest BCUT2D eigenvalue weighted by Crippen LogP contribution is -2.26. The molecule has 1 aromatic carbocycles. The van der Waals surface area contributed by atoms with Crippen LogP contribution in [0.2, 0.25) is 0 Å². The molecular formula is C14H16F2N2O2S. The summed E-state index contributed by atoms with van der Waals surface area (Å²) in [6, 6.07) is 2.22. The number of hydrogen-bond donors (Lipinski definition) is 1. The van der Waals surface area contributed by atoms with Crippen molar-refractivity contribution in [1.82, 2.24) is 0 Å². The molecule has 1 fully saturated rings. The minimum atomic E-state index is -0.740. The number of rotatable bonds is 3. The lowest BCUT2D eigenvalue weighted by Gasteiger charge is -2.20. The molecular weight excluding hydrogens is 298 g/mol. The predicted molar refractivity (Wildman–Crippen MR) is 79.1 cm³/mol. The van der Waals surface area contributed by atoms with Gasteiger partial charge in [0.2, 0.25) is 0 Å². The molecule has 2 rings (SSSR count). The topological polar surface area (TPSA) is 55.6 Å². The molecule has 21 heavy (non-hydrogen) atoms. The van der Waals surface area contributed by atoms with Crippen LogP contribution in [0.5, 0.6) is 0 Å². The summed E-state index contributed by atoms with van der Waals surface area (Å²) in [5, 5.41) is 0. The van der Waals surface area contributed by atoms with Crippen LogP contribution < -0.4 is 10.6 Å². The number of hydrogen-bond acceptors (Lipinski definition) is 4. The third-order valence-electron chi connectivity index (χ3n) is 3.73. The summed E-state index contributed by atoms with van der Waals surface area (Å²) < 4.78 is 33.0. The van der Waals surface area contributed by atoms with Crippen molar-refractivity contribution in [1.29, 1.82) is 0 Å². The molecule has 0 radical (unpaired) electrons. The van der Waals surface area contributed by atoms with E-state index in [1.54, 1.807) is 0 Å². The Labute approximate surface area is 126 Å². The standard InChI is InChI=1S/C14H16F2N2O2S/c1-7-5-18(6-9(7)14(19)20-2)12-10(15)3-8(13(17)21)4-11(12)16/h3-4,7,9H,5-6H2,1-2H3,(H2,17,21). The molecule has 2 atom stereocenters. The van der Waals surface area contributed by atoms with Crippen molar-refractivity contribution in [3.8, 4) is 0 Å². The normalized spacial score (nSPS) is 21.4. The number of methoxy groups -OCH3 is 1. The highest BCUT2D eigenvalue weighted by molar-refractivity contribution is 7.80. The van der Waals surface area contributed by atoms with Gasteiger partial charge < -0.3 is 15.4 Å². The van der Waals surface area contributed by atoms with Crippen LogP contribution >= 0.6 is 12.2 Å². The fourth-order valence-electron chi connectivity index (χ4n) is 2.62. The van der Waals surface area contributed by atoms with E-state index in [4.69, 9.17) is 22.7 Å². The zero-order valence-corrected chi connectivity index (χ0v) is 12.5. The average molecular weight is 314 g/mol. The lowest BCUT2D eigenvalue weighted by atomic mass is 9.99. The maximum absolute atomic E-state index is 14.1. The van der Waals surface area contributed by atoms with Gasteiger partial charge in [0, 0.05) is 18.7 Å². The van der Waals surface area contributed by atoms with Gasteiger partial charge in [0.1, 0.15) is 22.3 Å². The first kappa shape index (κ1) is 15.6. The number of benzene rings is 1. The second-order valence-electron chi connectivity index (χ2n) is 5.16. The smallest absolute Gasteiger partial charge is 0.310 e. The first-order valence-corrected chi connectivity index (χ1v) is 6.87. The van der Waals surface area contributed by atoms with Crippen molar-refractivity contribution < 1.29 is 18.3 Å². The number of nitrogens with two attached hydrogens (primary N) is 1. The van der Waals surface area contributed by atoms with Crippen LogP contribution in [0.3, 0.4) is 0 Å². The lowest BCUT2D eigenvalue weighted by molar-refractivity contribution is -0.145. The summed E-state index contributed by atoms with van der Waals surface area (Å²) in [6.45, 7) is 2.44. The van der Waals surface area contributed by atoms with Crippen LogP contribution in [-0.2, 0) is 9.53 Å². The fourth-order valence-corrected chi connectivity index (χ4v) is 2.74. The van der Waals surface area contributed by atoms with Gasteiger partial charge in [0.05, 0.1) is 13.0 Å². The highest BCUT2D eigenvalue weighted by Crippen LogP contribution is 2.33. The average Bonchev–Trinajstić information content (AvgIpc) is 2.78. The van der Waals surface area contributed by atoms with E-state index in [1.165, 1.54) is 12.0 Å². The third kappa shape index (κ3) is 2.97. The number of thiocarbonyl (C=S) groups is 1. The molecule has 1 saturated heterocycles. The van der Waals surface area contributed by atoms with E-state index < -0.39 is 17.6 Å². The van der Waals surface area contributed by atoms with Gasteiger partial charge in [-0.2, -0.15) is 0 Å². The summed E-state index contributed by atoms with van der Waals surface area (Å²) >= 11 is 4.72. The highest BCUT2D eigenvalue weighted by atomic mass is 32.1. The highest BCUT2D eigenvalue weighted by Gasteiger charge is 2.37. The first-order valence-electron chi connectivity index (χ1n) is 6.46. The second kappa shape index (κ2) is 5.93. The molecule has 1 heterocycles. The van der Waals surface area contributed by atoms with Crippen molar-refractivity contribution in [3.63, 3.8) is 0 Å². The molecule has 0 saturated carbocycles. The van der Waals surface area contributed by atoms with E-state index in [-0.39, 0.29) is 34.7 Å². The van der Waals surface area contributed by atoms with Gasteiger partial charge in [0.15, 0.2) is 0 Å². The quantitative estimate of drug-likeness (QED) is 0.681. The van der Waals surface area contributed by atoms with E-state index in [1.807, 2.05) is 6.92 Å². The number of carbonyl (C=O) groups is 1. The molecule has 1 aliphatic rings. The van der Waals surface area contributed by atoms with Gasteiger partial charge >= 0.3 is 5.97 Å². The van der Waals surface area contributed by atoms with Crippen LogP contribution in [0.4, 0.5) is 14.5 Å². The molecule has 0 bridgehead atoms.